The van der Waals surface area contributed by atoms with E-state index in [9.17, 15) is 9.59 Å². The van der Waals surface area contributed by atoms with Crippen molar-refractivity contribution in [3.05, 3.63) is 23.0 Å². The average molecular weight is 357 g/mol. The number of hydrogen-bond donors (Lipinski definition) is 0. The molecule has 26 heavy (non-hydrogen) atoms. The van der Waals surface area contributed by atoms with E-state index in [0.717, 1.165) is 22.4 Å². The smallest absolute Gasteiger partial charge is 0.254 e. The van der Waals surface area contributed by atoms with Crippen LogP contribution in [0.4, 0.5) is 0 Å². The number of rotatable bonds is 1. The summed E-state index contributed by atoms with van der Waals surface area (Å²) in [6.07, 6.45) is 0. The van der Waals surface area contributed by atoms with E-state index in [0.29, 0.717) is 31.7 Å². The Bertz CT molecular complexity index is 870. The van der Waals surface area contributed by atoms with E-state index < -0.39 is 5.41 Å². The summed E-state index contributed by atoms with van der Waals surface area (Å²) in [5, 5.41) is 5.23. The van der Waals surface area contributed by atoms with Gasteiger partial charge in [-0.1, -0.05) is 20.8 Å². The van der Waals surface area contributed by atoms with Crippen LogP contribution in [-0.2, 0) is 11.8 Å². The van der Waals surface area contributed by atoms with Gasteiger partial charge in [0.15, 0.2) is 5.65 Å². The third-order valence-corrected chi connectivity index (χ3v) is 4.82. The molecule has 0 atom stereocenters. The molecule has 0 spiro atoms. The minimum atomic E-state index is -0.395. The number of nitrogens with zero attached hydrogens (tertiary/aromatic N) is 5. The Morgan fingerprint density at radius 1 is 1.04 bits per heavy atom. The molecule has 0 N–H and O–H groups in total. The molecule has 7 nitrogen and oxygen atoms in total. The molecule has 0 bridgehead atoms. The van der Waals surface area contributed by atoms with Crippen LogP contribution < -0.4 is 0 Å². The molecule has 1 saturated heterocycles. The number of pyridine rings is 1. The van der Waals surface area contributed by atoms with Gasteiger partial charge in [0.1, 0.15) is 0 Å². The number of fused-ring (bicyclic) bond motifs is 1. The zero-order valence-corrected chi connectivity index (χ0v) is 16.5. The van der Waals surface area contributed by atoms with Crippen LogP contribution in [0.3, 0.4) is 0 Å². The second kappa shape index (κ2) is 6.37. The van der Waals surface area contributed by atoms with Gasteiger partial charge in [0.2, 0.25) is 5.91 Å². The van der Waals surface area contributed by atoms with Gasteiger partial charge in [-0.15, -0.1) is 0 Å². The van der Waals surface area contributed by atoms with E-state index in [4.69, 9.17) is 0 Å². The summed E-state index contributed by atoms with van der Waals surface area (Å²) >= 11 is 0. The zero-order valence-electron chi connectivity index (χ0n) is 16.5. The van der Waals surface area contributed by atoms with E-state index in [2.05, 4.69) is 10.1 Å². The molecule has 1 aliphatic heterocycles. The summed E-state index contributed by atoms with van der Waals surface area (Å²) in [6.45, 7) is 11.8. The van der Waals surface area contributed by atoms with Crippen LogP contribution in [0.2, 0.25) is 0 Å². The molecule has 7 heteroatoms. The largest absolute Gasteiger partial charge is 0.339 e. The highest BCUT2D eigenvalue weighted by Gasteiger charge is 2.31. The van der Waals surface area contributed by atoms with E-state index in [1.807, 2.05) is 57.5 Å². The zero-order chi connectivity index (χ0) is 19.2. The highest BCUT2D eigenvalue weighted by atomic mass is 16.2. The van der Waals surface area contributed by atoms with Crippen LogP contribution >= 0.6 is 0 Å². The van der Waals surface area contributed by atoms with Crippen LogP contribution in [0.15, 0.2) is 6.07 Å². The Morgan fingerprint density at radius 2 is 1.62 bits per heavy atom. The number of piperazine rings is 1. The molecule has 1 aliphatic rings. The average Bonchev–Trinajstić information content (AvgIpc) is 2.86. The van der Waals surface area contributed by atoms with Crippen molar-refractivity contribution in [3.63, 3.8) is 0 Å². The quantitative estimate of drug-likeness (QED) is 0.782. The number of amides is 2. The van der Waals surface area contributed by atoms with Gasteiger partial charge in [-0.2, -0.15) is 5.10 Å². The summed E-state index contributed by atoms with van der Waals surface area (Å²) in [5.74, 6) is 0.120. The molecule has 0 aromatic carbocycles. The predicted molar refractivity (Wildman–Crippen MR) is 99.9 cm³/mol. The van der Waals surface area contributed by atoms with Crippen molar-refractivity contribution in [2.45, 2.75) is 34.6 Å². The van der Waals surface area contributed by atoms with Gasteiger partial charge in [0, 0.05) is 44.3 Å². The Kier molecular flexibility index (Phi) is 4.50. The molecule has 0 unspecified atom stereocenters. The highest BCUT2D eigenvalue weighted by Crippen LogP contribution is 2.24. The predicted octanol–water partition coefficient (Wildman–Crippen LogP) is 1.92. The van der Waals surface area contributed by atoms with Crippen LogP contribution in [0.1, 0.15) is 42.5 Å². The molecular weight excluding hydrogens is 330 g/mol. The van der Waals surface area contributed by atoms with Gasteiger partial charge in [-0.05, 0) is 19.9 Å². The monoisotopic (exact) mass is 357 g/mol. The minimum absolute atomic E-state index is 0.0144. The second-order valence-corrected chi connectivity index (χ2v) is 8.05. The third kappa shape index (κ3) is 3.18. The Labute approximate surface area is 154 Å². The first-order valence-corrected chi connectivity index (χ1v) is 8.99. The first-order valence-electron chi connectivity index (χ1n) is 8.99. The summed E-state index contributed by atoms with van der Waals surface area (Å²) in [4.78, 5) is 33.8. The fraction of sp³-hybridized carbons (Fsp3) is 0.579. The maximum Gasteiger partial charge on any atom is 0.254 e. The number of carbonyl (C=O) groups excluding carboxylic acids is 2. The van der Waals surface area contributed by atoms with Gasteiger partial charge < -0.3 is 9.80 Å². The van der Waals surface area contributed by atoms with Crippen LogP contribution in [0.5, 0.6) is 0 Å². The molecule has 3 rings (SSSR count). The summed E-state index contributed by atoms with van der Waals surface area (Å²) in [6, 6.07) is 1.84. The fourth-order valence-corrected chi connectivity index (χ4v) is 3.50. The molecule has 2 amide bonds. The number of aromatic nitrogens is 3. The lowest BCUT2D eigenvalue weighted by Crippen LogP contribution is -2.53. The molecule has 0 radical (unpaired) electrons. The maximum atomic E-state index is 13.2. The lowest BCUT2D eigenvalue weighted by Gasteiger charge is -2.37. The molecule has 3 heterocycles. The second-order valence-electron chi connectivity index (χ2n) is 8.05. The normalized spacial score (nSPS) is 15.6. The molecule has 1 fully saturated rings. The number of carbonyl (C=O) groups is 2. The minimum Gasteiger partial charge on any atom is -0.339 e. The van der Waals surface area contributed by atoms with Crippen molar-refractivity contribution in [2.24, 2.45) is 12.5 Å². The van der Waals surface area contributed by atoms with Crippen molar-refractivity contribution in [2.75, 3.05) is 26.2 Å². The SMILES string of the molecule is Cc1cc(C(=O)N2CCN(C(=O)C(C)(C)C)CC2)c2c(C)nn(C)c2n1. The highest BCUT2D eigenvalue weighted by molar-refractivity contribution is 6.06. The first-order chi connectivity index (χ1) is 12.1. The number of aryl methyl sites for hydroxylation is 3. The van der Waals surface area contributed by atoms with Gasteiger partial charge in [-0.3, -0.25) is 14.3 Å². The summed E-state index contributed by atoms with van der Waals surface area (Å²) in [5.41, 5.74) is 2.58. The Morgan fingerprint density at radius 3 is 2.19 bits per heavy atom. The van der Waals surface area contributed by atoms with Crippen molar-refractivity contribution in [1.29, 1.82) is 0 Å². The van der Waals surface area contributed by atoms with E-state index in [1.54, 1.807) is 4.68 Å². The third-order valence-electron chi connectivity index (χ3n) is 4.82. The molecule has 140 valence electrons. The standard InChI is InChI=1S/C19H27N5O2/c1-12-11-14(15-13(2)21-22(6)16(15)20-12)17(25)23-7-9-24(10-8-23)18(26)19(3,4)5/h11H,7-10H2,1-6H3. The van der Waals surface area contributed by atoms with Crippen molar-refractivity contribution in [1.82, 2.24) is 24.6 Å². The fourth-order valence-electron chi connectivity index (χ4n) is 3.50. The Hall–Kier alpha value is -2.44. The lowest BCUT2D eigenvalue weighted by molar-refractivity contribution is -0.140. The van der Waals surface area contributed by atoms with E-state index in [1.165, 1.54) is 0 Å². The number of hydrogen-bond acceptors (Lipinski definition) is 4. The van der Waals surface area contributed by atoms with E-state index >= 15 is 0 Å². The summed E-state index contributed by atoms with van der Waals surface area (Å²) < 4.78 is 1.72. The van der Waals surface area contributed by atoms with Crippen molar-refractivity contribution in [3.8, 4) is 0 Å². The van der Waals surface area contributed by atoms with Crippen LogP contribution in [0.25, 0.3) is 11.0 Å². The van der Waals surface area contributed by atoms with Crippen molar-refractivity contribution < 1.29 is 9.59 Å². The molecule has 2 aromatic heterocycles. The lowest BCUT2D eigenvalue weighted by atomic mass is 9.94. The van der Waals surface area contributed by atoms with Gasteiger partial charge in [0.25, 0.3) is 5.91 Å². The van der Waals surface area contributed by atoms with Crippen LogP contribution in [0, 0.1) is 19.3 Å². The van der Waals surface area contributed by atoms with Gasteiger partial charge >= 0.3 is 0 Å². The topological polar surface area (TPSA) is 71.3 Å². The molecule has 0 saturated carbocycles. The molecule has 0 aliphatic carbocycles. The van der Waals surface area contributed by atoms with Crippen molar-refractivity contribution >= 4 is 22.8 Å². The van der Waals surface area contributed by atoms with E-state index in [-0.39, 0.29) is 11.8 Å². The Balaban J connectivity index is 1.84. The van der Waals surface area contributed by atoms with Gasteiger partial charge in [0.05, 0.1) is 16.6 Å². The van der Waals surface area contributed by atoms with Crippen LogP contribution in [-0.4, -0.2) is 62.6 Å². The maximum absolute atomic E-state index is 13.2. The first kappa shape index (κ1) is 18.4. The molecule has 2 aromatic rings. The summed E-state index contributed by atoms with van der Waals surface area (Å²) in [7, 11) is 1.84. The van der Waals surface area contributed by atoms with Gasteiger partial charge in [-0.25, -0.2) is 4.98 Å². The molecular formula is C19H27N5O2.